The Morgan fingerprint density at radius 3 is 2.71 bits per heavy atom. The van der Waals surface area contributed by atoms with E-state index in [0.29, 0.717) is 12.0 Å². The van der Waals surface area contributed by atoms with E-state index >= 15 is 0 Å². The van der Waals surface area contributed by atoms with Crippen molar-refractivity contribution in [3.63, 3.8) is 0 Å². The Morgan fingerprint density at radius 2 is 2.05 bits per heavy atom. The Kier molecular flexibility index (Phi) is 3.55. The molecule has 110 valence electrons. The van der Waals surface area contributed by atoms with Crippen LogP contribution in [0.25, 0.3) is 0 Å². The summed E-state index contributed by atoms with van der Waals surface area (Å²) in [6, 6.07) is 4.89. The Morgan fingerprint density at radius 1 is 1.29 bits per heavy atom. The van der Waals surface area contributed by atoms with Crippen LogP contribution >= 0.6 is 0 Å². The summed E-state index contributed by atoms with van der Waals surface area (Å²) in [5.74, 6) is -2.36. The highest BCUT2D eigenvalue weighted by atomic mass is 19.1. The summed E-state index contributed by atoms with van der Waals surface area (Å²) in [5, 5.41) is 0. The molecule has 1 heterocycles. The maximum Gasteiger partial charge on any atom is 0.219 e. The molecule has 2 atom stereocenters. The lowest BCUT2D eigenvalue weighted by atomic mass is 10.1. The average Bonchev–Trinajstić information content (AvgIpc) is 3.16. The molecule has 0 amide bonds. The number of aromatic nitrogens is 1. The summed E-state index contributed by atoms with van der Waals surface area (Å²) in [4.78, 5) is 3.49. The largest absolute Gasteiger partial charge is 0.485 e. The highest BCUT2D eigenvalue weighted by Crippen LogP contribution is 2.44. The molecule has 6 heteroatoms. The topological polar surface area (TPSA) is 48.1 Å². The van der Waals surface area contributed by atoms with Gasteiger partial charge in [0.05, 0.1) is 0 Å². The molecule has 3 rings (SSSR count). The summed E-state index contributed by atoms with van der Waals surface area (Å²) in [5.41, 5.74) is 6.32. The number of hydrogen-bond acceptors (Lipinski definition) is 3. The molecule has 1 aliphatic rings. The van der Waals surface area contributed by atoms with E-state index in [1.807, 2.05) is 0 Å². The number of nitrogens with zero attached hydrogens (tertiary/aromatic N) is 1. The number of ether oxygens (including phenoxy) is 1. The van der Waals surface area contributed by atoms with E-state index in [1.54, 1.807) is 6.07 Å². The predicted molar refractivity (Wildman–Crippen MR) is 70.2 cm³/mol. The van der Waals surface area contributed by atoms with Gasteiger partial charge in [-0.25, -0.2) is 13.8 Å². The van der Waals surface area contributed by atoms with Gasteiger partial charge < -0.3 is 10.5 Å². The normalized spacial score (nSPS) is 20.4. The molecule has 1 fully saturated rings. The quantitative estimate of drug-likeness (QED) is 0.882. The zero-order chi connectivity index (χ0) is 15.0. The van der Waals surface area contributed by atoms with Gasteiger partial charge in [-0.1, -0.05) is 0 Å². The second-order valence-electron chi connectivity index (χ2n) is 5.05. The van der Waals surface area contributed by atoms with E-state index in [-0.39, 0.29) is 29.9 Å². The molecular formula is C15H13F3N2O. The molecule has 2 unspecified atom stereocenters. The smallest absolute Gasteiger partial charge is 0.219 e. The molecule has 1 saturated carbocycles. The van der Waals surface area contributed by atoms with Gasteiger partial charge in [-0.3, -0.25) is 0 Å². The van der Waals surface area contributed by atoms with Crippen molar-refractivity contribution in [3.8, 4) is 5.75 Å². The maximum absolute atomic E-state index is 13.9. The van der Waals surface area contributed by atoms with E-state index in [4.69, 9.17) is 10.5 Å². The highest BCUT2D eigenvalue weighted by molar-refractivity contribution is 5.42. The van der Waals surface area contributed by atoms with Crippen LogP contribution in [-0.4, -0.2) is 11.0 Å². The molecule has 21 heavy (non-hydrogen) atoms. The third-order valence-electron chi connectivity index (χ3n) is 3.48. The molecule has 1 aromatic carbocycles. The fourth-order valence-corrected chi connectivity index (χ4v) is 2.26. The molecule has 0 bridgehead atoms. The summed E-state index contributed by atoms with van der Waals surface area (Å²) in [6.45, 7) is -0.183. The standard InChI is InChI=1S/C15H13F3N2O/c16-9-4-11(10-6-13(10)19)14(12(17)5-9)21-7-8-2-1-3-20-15(8)18/h1-5,10,13H,6-7,19H2. The lowest BCUT2D eigenvalue weighted by Gasteiger charge is -2.13. The lowest BCUT2D eigenvalue weighted by molar-refractivity contribution is 0.279. The Labute approximate surface area is 119 Å². The molecular weight excluding hydrogens is 281 g/mol. The monoisotopic (exact) mass is 294 g/mol. The number of benzene rings is 1. The third-order valence-corrected chi connectivity index (χ3v) is 3.48. The van der Waals surface area contributed by atoms with Gasteiger partial charge in [-0.05, 0) is 24.6 Å². The van der Waals surface area contributed by atoms with Crippen LogP contribution in [0.15, 0.2) is 30.5 Å². The Hall–Kier alpha value is -2.08. The van der Waals surface area contributed by atoms with Gasteiger partial charge in [0.15, 0.2) is 11.6 Å². The van der Waals surface area contributed by atoms with E-state index in [0.717, 1.165) is 6.07 Å². The van der Waals surface area contributed by atoms with Crippen LogP contribution in [0.4, 0.5) is 13.2 Å². The van der Waals surface area contributed by atoms with Crippen molar-refractivity contribution < 1.29 is 17.9 Å². The SMILES string of the molecule is NC1CC1c1cc(F)cc(F)c1OCc1cccnc1F. The van der Waals surface area contributed by atoms with Gasteiger partial charge >= 0.3 is 0 Å². The van der Waals surface area contributed by atoms with Crippen LogP contribution in [0.3, 0.4) is 0 Å². The van der Waals surface area contributed by atoms with Gasteiger partial charge in [0.25, 0.3) is 0 Å². The minimum Gasteiger partial charge on any atom is -0.485 e. The minimum atomic E-state index is -0.812. The van der Waals surface area contributed by atoms with Crippen molar-refractivity contribution in [2.75, 3.05) is 0 Å². The van der Waals surface area contributed by atoms with Crippen LogP contribution in [0.1, 0.15) is 23.5 Å². The average molecular weight is 294 g/mol. The fourth-order valence-electron chi connectivity index (χ4n) is 2.26. The van der Waals surface area contributed by atoms with E-state index in [9.17, 15) is 13.2 Å². The second kappa shape index (κ2) is 5.37. The van der Waals surface area contributed by atoms with Crippen LogP contribution in [-0.2, 0) is 6.61 Å². The van der Waals surface area contributed by atoms with Gasteiger partial charge in [0.1, 0.15) is 12.4 Å². The Balaban J connectivity index is 1.86. The van der Waals surface area contributed by atoms with E-state index in [2.05, 4.69) is 4.98 Å². The molecule has 2 aromatic rings. The Bertz CT molecular complexity index is 678. The second-order valence-corrected chi connectivity index (χ2v) is 5.05. The van der Waals surface area contributed by atoms with Crippen LogP contribution < -0.4 is 10.5 Å². The molecule has 1 aliphatic carbocycles. The van der Waals surface area contributed by atoms with Crippen molar-refractivity contribution in [2.45, 2.75) is 25.0 Å². The lowest BCUT2D eigenvalue weighted by Crippen LogP contribution is -2.06. The van der Waals surface area contributed by atoms with Crippen molar-refractivity contribution in [1.29, 1.82) is 0 Å². The van der Waals surface area contributed by atoms with Gasteiger partial charge in [0, 0.05) is 35.3 Å². The zero-order valence-electron chi connectivity index (χ0n) is 11.0. The molecule has 0 aliphatic heterocycles. The number of halogens is 3. The number of rotatable bonds is 4. The fraction of sp³-hybridized carbons (Fsp3) is 0.267. The first-order chi connectivity index (χ1) is 10.1. The maximum atomic E-state index is 13.9. The molecule has 1 aromatic heterocycles. The number of hydrogen-bond donors (Lipinski definition) is 1. The zero-order valence-corrected chi connectivity index (χ0v) is 11.0. The van der Waals surface area contributed by atoms with E-state index < -0.39 is 17.6 Å². The summed E-state index contributed by atoms with van der Waals surface area (Å²) >= 11 is 0. The van der Waals surface area contributed by atoms with Crippen molar-refractivity contribution in [3.05, 3.63) is 59.2 Å². The van der Waals surface area contributed by atoms with Crippen molar-refractivity contribution in [1.82, 2.24) is 4.98 Å². The summed E-state index contributed by atoms with van der Waals surface area (Å²) < 4.78 is 46.0. The van der Waals surface area contributed by atoms with Crippen molar-refractivity contribution >= 4 is 0 Å². The van der Waals surface area contributed by atoms with E-state index in [1.165, 1.54) is 18.3 Å². The minimum absolute atomic E-state index is 0.0717. The molecule has 0 radical (unpaired) electrons. The first-order valence-electron chi connectivity index (χ1n) is 6.53. The summed E-state index contributed by atoms with van der Waals surface area (Å²) in [6.07, 6.45) is 1.96. The number of nitrogens with two attached hydrogens (primary N) is 1. The number of pyridine rings is 1. The highest BCUT2D eigenvalue weighted by Gasteiger charge is 2.38. The first-order valence-corrected chi connectivity index (χ1v) is 6.53. The van der Waals surface area contributed by atoms with Crippen LogP contribution in [0, 0.1) is 17.6 Å². The van der Waals surface area contributed by atoms with Crippen LogP contribution in [0.2, 0.25) is 0 Å². The predicted octanol–water partition coefficient (Wildman–Crippen LogP) is 2.89. The van der Waals surface area contributed by atoms with Crippen molar-refractivity contribution in [2.24, 2.45) is 5.73 Å². The van der Waals surface area contributed by atoms with Gasteiger partial charge in [0.2, 0.25) is 5.95 Å². The molecule has 2 N–H and O–H groups in total. The molecule has 3 nitrogen and oxygen atoms in total. The first kappa shape index (κ1) is 13.9. The third kappa shape index (κ3) is 2.85. The molecule has 0 spiro atoms. The van der Waals surface area contributed by atoms with Gasteiger partial charge in [-0.15, -0.1) is 0 Å². The summed E-state index contributed by atoms with van der Waals surface area (Å²) in [7, 11) is 0. The molecule has 0 saturated heterocycles. The van der Waals surface area contributed by atoms with Crippen LogP contribution in [0.5, 0.6) is 5.75 Å². The van der Waals surface area contributed by atoms with Gasteiger partial charge in [-0.2, -0.15) is 4.39 Å².